The Morgan fingerprint density at radius 1 is 0.909 bits per heavy atom. The van der Waals surface area contributed by atoms with Gasteiger partial charge in [0.2, 0.25) is 0 Å². The highest BCUT2D eigenvalue weighted by molar-refractivity contribution is 5.38. The molecule has 0 aliphatic heterocycles. The fourth-order valence-electron chi connectivity index (χ4n) is 2.66. The molecule has 0 radical (unpaired) electrons. The van der Waals surface area contributed by atoms with Crippen molar-refractivity contribution in [2.45, 2.75) is 32.4 Å². The number of rotatable bonds is 7. The molecule has 0 heterocycles. The van der Waals surface area contributed by atoms with Crippen LogP contribution in [0.1, 0.15) is 31.0 Å². The molecule has 2 aromatic carbocycles. The summed E-state index contributed by atoms with van der Waals surface area (Å²) in [5.74, 6) is 1.66. The maximum atomic E-state index is 5.33. The van der Waals surface area contributed by atoms with E-state index < -0.39 is 0 Å². The van der Waals surface area contributed by atoms with E-state index in [0.29, 0.717) is 12.1 Å². The standard InChI is InChI=1S/C19H25NO2/c1-14(20-15(2)17-8-6-5-7-9-17)10-16-11-18(21-3)13-19(12-16)22-4/h5-9,11-15,20H,10H2,1-4H3/t14-,15-/m1/s1. The van der Waals surface area contributed by atoms with Gasteiger partial charge in [-0.3, -0.25) is 0 Å². The summed E-state index contributed by atoms with van der Waals surface area (Å²) in [4.78, 5) is 0. The molecule has 0 bridgehead atoms. The molecule has 0 fully saturated rings. The lowest BCUT2D eigenvalue weighted by Crippen LogP contribution is -2.30. The lowest BCUT2D eigenvalue weighted by atomic mass is 10.0. The lowest BCUT2D eigenvalue weighted by Gasteiger charge is -2.21. The Hall–Kier alpha value is -2.00. The summed E-state index contributed by atoms with van der Waals surface area (Å²) >= 11 is 0. The second kappa shape index (κ2) is 7.85. The minimum Gasteiger partial charge on any atom is -0.497 e. The van der Waals surface area contributed by atoms with Crippen LogP contribution in [0.3, 0.4) is 0 Å². The van der Waals surface area contributed by atoms with Crippen molar-refractivity contribution in [1.82, 2.24) is 5.32 Å². The molecule has 3 heteroatoms. The van der Waals surface area contributed by atoms with Crippen molar-refractivity contribution in [2.24, 2.45) is 0 Å². The molecule has 2 atom stereocenters. The average molecular weight is 299 g/mol. The van der Waals surface area contributed by atoms with Gasteiger partial charge in [-0.2, -0.15) is 0 Å². The molecule has 0 unspecified atom stereocenters. The van der Waals surface area contributed by atoms with Gasteiger partial charge in [-0.1, -0.05) is 30.3 Å². The first-order chi connectivity index (χ1) is 10.6. The molecule has 2 rings (SSSR count). The van der Waals surface area contributed by atoms with Crippen LogP contribution >= 0.6 is 0 Å². The van der Waals surface area contributed by atoms with Crippen LogP contribution in [0.5, 0.6) is 11.5 Å². The molecule has 2 aromatic rings. The number of hydrogen-bond acceptors (Lipinski definition) is 3. The largest absolute Gasteiger partial charge is 0.497 e. The Balaban J connectivity index is 2.01. The van der Waals surface area contributed by atoms with Crippen molar-refractivity contribution in [3.63, 3.8) is 0 Å². The van der Waals surface area contributed by atoms with E-state index in [1.807, 2.05) is 12.1 Å². The number of methoxy groups -OCH3 is 2. The van der Waals surface area contributed by atoms with Crippen LogP contribution in [0.25, 0.3) is 0 Å². The van der Waals surface area contributed by atoms with Gasteiger partial charge in [0.15, 0.2) is 0 Å². The average Bonchev–Trinajstić information content (AvgIpc) is 2.55. The highest BCUT2D eigenvalue weighted by Crippen LogP contribution is 2.23. The molecule has 0 spiro atoms. The molecule has 22 heavy (non-hydrogen) atoms. The van der Waals surface area contributed by atoms with Gasteiger partial charge in [-0.25, -0.2) is 0 Å². The molecule has 0 aromatic heterocycles. The van der Waals surface area contributed by atoms with Gasteiger partial charge in [0.25, 0.3) is 0 Å². The third kappa shape index (κ3) is 4.50. The van der Waals surface area contributed by atoms with Crippen molar-refractivity contribution in [2.75, 3.05) is 14.2 Å². The maximum absolute atomic E-state index is 5.33. The Kier molecular flexibility index (Phi) is 5.84. The van der Waals surface area contributed by atoms with Crippen molar-refractivity contribution >= 4 is 0 Å². The second-order valence-corrected chi connectivity index (χ2v) is 5.63. The summed E-state index contributed by atoms with van der Waals surface area (Å²) in [6, 6.07) is 17.2. The summed E-state index contributed by atoms with van der Waals surface area (Å²) in [6.45, 7) is 4.39. The number of ether oxygens (including phenoxy) is 2. The second-order valence-electron chi connectivity index (χ2n) is 5.63. The van der Waals surface area contributed by atoms with Crippen molar-refractivity contribution in [1.29, 1.82) is 0 Å². The fourth-order valence-corrected chi connectivity index (χ4v) is 2.66. The maximum Gasteiger partial charge on any atom is 0.122 e. The van der Waals surface area contributed by atoms with Gasteiger partial charge >= 0.3 is 0 Å². The molecule has 1 N–H and O–H groups in total. The molecular weight excluding hydrogens is 274 g/mol. The molecule has 0 saturated carbocycles. The van der Waals surface area contributed by atoms with Crippen molar-refractivity contribution in [3.8, 4) is 11.5 Å². The monoisotopic (exact) mass is 299 g/mol. The molecule has 118 valence electrons. The van der Waals surface area contributed by atoms with Gasteiger partial charge in [-0.15, -0.1) is 0 Å². The summed E-state index contributed by atoms with van der Waals surface area (Å²) in [5, 5.41) is 3.64. The van der Waals surface area contributed by atoms with Crippen molar-refractivity contribution < 1.29 is 9.47 Å². The van der Waals surface area contributed by atoms with E-state index in [0.717, 1.165) is 17.9 Å². The van der Waals surface area contributed by atoms with Gasteiger partial charge in [-0.05, 0) is 43.5 Å². The summed E-state index contributed by atoms with van der Waals surface area (Å²) < 4.78 is 10.7. The normalized spacial score (nSPS) is 13.5. The zero-order valence-electron chi connectivity index (χ0n) is 13.8. The van der Waals surface area contributed by atoms with Gasteiger partial charge in [0.05, 0.1) is 14.2 Å². The van der Waals surface area contributed by atoms with Crippen LogP contribution in [0, 0.1) is 0 Å². The fraction of sp³-hybridized carbons (Fsp3) is 0.368. The first kappa shape index (κ1) is 16.4. The third-order valence-corrected chi connectivity index (χ3v) is 3.79. The highest BCUT2D eigenvalue weighted by Gasteiger charge is 2.11. The van der Waals surface area contributed by atoms with Crippen LogP contribution in [0.15, 0.2) is 48.5 Å². The zero-order chi connectivity index (χ0) is 15.9. The molecule has 0 saturated heterocycles. The number of nitrogens with one attached hydrogen (secondary N) is 1. The number of benzene rings is 2. The minimum absolute atomic E-state index is 0.323. The molecule has 3 nitrogen and oxygen atoms in total. The first-order valence-corrected chi connectivity index (χ1v) is 7.65. The van der Waals surface area contributed by atoms with Crippen LogP contribution in [-0.4, -0.2) is 20.3 Å². The van der Waals surface area contributed by atoms with Crippen molar-refractivity contribution in [3.05, 3.63) is 59.7 Å². The predicted molar refractivity (Wildman–Crippen MR) is 90.7 cm³/mol. The van der Waals surface area contributed by atoms with E-state index in [2.05, 4.69) is 55.6 Å². The minimum atomic E-state index is 0.323. The Morgan fingerprint density at radius 3 is 2.05 bits per heavy atom. The zero-order valence-corrected chi connectivity index (χ0v) is 13.8. The van der Waals surface area contributed by atoms with E-state index in [1.54, 1.807) is 14.2 Å². The van der Waals surface area contributed by atoms with Crippen LogP contribution in [0.2, 0.25) is 0 Å². The van der Waals surface area contributed by atoms with Gasteiger partial charge in [0.1, 0.15) is 11.5 Å². The van der Waals surface area contributed by atoms with Crippen LogP contribution in [0.4, 0.5) is 0 Å². The summed E-state index contributed by atoms with van der Waals surface area (Å²) in [7, 11) is 3.36. The Labute approximate surface area is 133 Å². The van der Waals surface area contributed by atoms with E-state index in [9.17, 15) is 0 Å². The smallest absolute Gasteiger partial charge is 0.122 e. The third-order valence-electron chi connectivity index (χ3n) is 3.79. The van der Waals surface area contributed by atoms with Crippen LogP contribution < -0.4 is 14.8 Å². The molecule has 0 aliphatic rings. The van der Waals surface area contributed by atoms with Gasteiger partial charge in [0, 0.05) is 18.2 Å². The predicted octanol–water partition coefficient (Wildman–Crippen LogP) is 3.99. The highest BCUT2D eigenvalue weighted by atomic mass is 16.5. The Bertz CT molecular complexity index is 561. The van der Waals surface area contributed by atoms with Gasteiger partial charge < -0.3 is 14.8 Å². The SMILES string of the molecule is COc1cc(C[C@@H](C)N[C@H](C)c2ccccc2)cc(OC)c1. The number of hydrogen-bond donors (Lipinski definition) is 1. The summed E-state index contributed by atoms with van der Waals surface area (Å²) in [6.07, 6.45) is 0.921. The van der Waals surface area contributed by atoms with E-state index >= 15 is 0 Å². The van der Waals surface area contributed by atoms with E-state index in [-0.39, 0.29) is 0 Å². The van der Waals surface area contributed by atoms with Crippen LogP contribution in [-0.2, 0) is 6.42 Å². The quantitative estimate of drug-likeness (QED) is 0.838. The first-order valence-electron chi connectivity index (χ1n) is 7.65. The summed E-state index contributed by atoms with van der Waals surface area (Å²) in [5.41, 5.74) is 2.51. The van der Waals surface area contributed by atoms with E-state index in [4.69, 9.17) is 9.47 Å². The molecule has 0 amide bonds. The Morgan fingerprint density at radius 2 is 1.50 bits per heavy atom. The molecular formula is C19H25NO2. The molecule has 0 aliphatic carbocycles. The van der Waals surface area contributed by atoms with E-state index in [1.165, 1.54) is 11.1 Å². The lowest BCUT2D eigenvalue weighted by molar-refractivity contribution is 0.392. The topological polar surface area (TPSA) is 30.5 Å².